The van der Waals surface area contributed by atoms with Gasteiger partial charge < -0.3 is 19.5 Å². The van der Waals surface area contributed by atoms with Crippen molar-refractivity contribution < 1.29 is 14.2 Å². The van der Waals surface area contributed by atoms with Gasteiger partial charge in [0.15, 0.2) is 0 Å². The van der Waals surface area contributed by atoms with E-state index >= 15 is 0 Å². The fraction of sp³-hybridized carbons (Fsp3) is 0.600. The molecule has 0 radical (unpaired) electrons. The summed E-state index contributed by atoms with van der Waals surface area (Å²) in [5.41, 5.74) is 1.14. The lowest BCUT2D eigenvalue weighted by Crippen LogP contribution is -2.32. The molecule has 0 spiro atoms. The molecule has 0 aliphatic carbocycles. The van der Waals surface area contributed by atoms with Crippen LogP contribution in [0.15, 0.2) is 24.3 Å². The topological polar surface area (TPSA) is 39.7 Å². The minimum Gasteiger partial charge on any atom is -0.491 e. The highest BCUT2D eigenvalue weighted by molar-refractivity contribution is 5.47. The van der Waals surface area contributed by atoms with Gasteiger partial charge in [-0.25, -0.2) is 0 Å². The summed E-state index contributed by atoms with van der Waals surface area (Å²) >= 11 is 0. The van der Waals surface area contributed by atoms with Crippen LogP contribution >= 0.6 is 0 Å². The van der Waals surface area contributed by atoms with E-state index in [4.69, 9.17) is 14.2 Å². The zero-order valence-corrected chi connectivity index (χ0v) is 11.7. The Morgan fingerprint density at radius 3 is 2.74 bits per heavy atom. The molecule has 1 N–H and O–H groups in total. The fourth-order valence-electron chi connectivity index (χ4n) is 2.26. The first-order valence-electron chi connectivity index (χ1n) is 6.88. The molecule has 1 aliphatic rings. The van der Waals surface area contributed by atoms with Gasteiger partial charge in [0.2, 0.25) is 0 Å². The average molecular weight is 265 g/mol. The molecule has 2 unspecified atom stereocenters. The summed E-state index contributed by atoms with van der Waals surface area (Å²) < 4.78 is 16.0. The van der Waals surface area contributed by atoms with Gasteiger partial charge in [-0.3, -0.25) is 0 Å². The second-order valence-electron chi connectivity index (χ2n) is 4.91. The number of nitrogens with one attached hydrogen (secondary N) is 1. The quantitative estimate of drug-likeness (QED) is 0.803. The van der Waals surface area contributed by atoms with E-state index in [-0.39, 0.29) is 0 Å². The van der Waals surface area contributed by atoms with E-state index in [0.29, 0.717) is 25.4 Å². The molecule has 2 rings (SSSR count). The highest BCUT2D eigenvalue weighted by atomic mass is 16.5. The molecule has 1 saturated heterocycles. The number of rotatable bonds is 6. The zero-order chi connectivity index (χ0) is 13.5. The Hall–Kier alpha value is -1.26. The molecule has 1 aliphatic heterocycles. The Balaban J connectivity index is 1.81. The van der Waals surface area contributed by atoms with Crippen molar-refractivity contribution >= 4 is 5.69 Å². The molecule has 1 fully saturated rings. The molecule has 1 aromatic rings. The third kappa shape index (κ3) is 4.73. The molecule has 106 valence electrons. The average Bonchev–Trinajstić information content (AvgIpc) is 2.41. The zero-order valence-electron chi connectivity index (χ0n) is 11.7. The van der Waals surface area contributed by atoms with Crippen LogP contribution in [-0.2, 0) is 9.47 Å². The van der Waals surface area contributed by atoms with Gasteiger partial charge in [-0.15, -0.1) is 0 Å². The molecule has 0 amide bonds. The maximum Gasteiger partial charge on any atom is 0.119 e. The van der Waals surface area contributed by atoms with Crippen LogP contribution in [0.4, 0.5) is 5.69 Å². The van der Waals surface area contributed by atoms with Gasteiger partial charge in [0.25, 0.3) is 0 Å². The molecule has 0 bridgehead atoms. The van der Waals surface area contributed by atoms with Crippen molar-refractivity contribution in [3.63, 3.8) is 0 Å². The van der Waals surface area contributed by atoms with Crippen molar-refractivity contribution in [2.24, 2.45) is 0 Å². The summed E-state index contributed by atoms with van der Waals surface area (Å²) in [6.07, 6.45) is 2.48. The van der Waals surface area contributed by atoms with Gasteiger partial charge in [0.1, 0.15) is 12.4 Å². The van der Waals surface area contributed by atoms with Crippen LogP contribution in [0.2, 0.25) is 0 Å². The van der Waals surface area contributed by atoms with Crippen molar-refractivity contribution in [1.29, 1.82) is 0 Å². The smallest absolute Gasteiger partial charge is 0.119 e. The summed E-state index contributed by atoms with van der Waals surface area (Å²) in [6.45, 7) is 4.17. The SMILES string of the molecule is COCCOc1ccc(NC2CCOC(C)C2)cc1. The lowest BCUT2D eigenvalue weighted by atomic mass is 10.0. The lowest BCUT2D eigenvalue weighted by molar-refractivity contribution is 0.0232. The van der Waals surface area contributed by atoms with E-state index in [2.05, 4.69) is 24.4 Å². The predicted octanol–water partition coefficient (Wildman–Crippen LogP) is 2.69. The van der Waals surface area contributed by atoms with Gasteiger partial charge in [-0.05, 0) is 44.0 Å². The first-order chi connectivity index (χ1) is 9.28. The Kier molecular flexibility index (Phi) is 5.48. The summed E-state index contributed by atoms with van der Waals surface area (Å²) in [4.78, 5) is 0. The number of anilines is 1. The summed E-state index contributed by atoms with van der Waals surface area (Å²) in [7, 11) is 1.67. The van der Waals surface area contributed by atoms with E-state index in [1.165, 1.54) is 0 Å². The van der Waals surface area contributed by atoms with Gasteiger partial charge in [-0.1, -0.05) is 0 Å². The van der Waals surface area contributed by atoms with E-state index < -0.39 is 0 Å². The predicted molar refractivity (Wildman–Crippen MR) is 75.9 cm³/mol. The van der Waals surface area contributed by atoms with E-state index in [1.54, 1.807) is 7.11 Å². The van der Waals surface area contributed by atoms with Crippen LogP contribution < -0.4 is 10.1 Å². The van der Waals surface area contributed by atoms with E-state index in [0.717, 1.165) is 30.9 Å². The van der Waals surface area contributed by atoms with Crippen molar-refractivity contribution in [3.05, 3.63) is 24.3 Å². The first-order valence-corrected chi connectivity index (χ1v) is 6.88. The van der Waals surface area contributed by atoms with E-state index in [1.807, 2.05) is 12.1 Å². The second kappa shape index (κ2) is 7.36. The van der Waals surface area contributed by atoms with Gasteiger partial charge in [0.05, 0.1) is 12.7 Å². The number of benzene rings is 1. The molecule has 4 nitrogen and oxygen atoms in total. The van der Waals surface area contributed by atoms with Crippen LogP contribution in [0.25, 0.3) is 0 Å². The molecule has 0 saturated carbocycles. The van der Waals surface area contributed by atoms with Gasteiger partial charge in [-0.2, -0.15) is 0 Å². The van der Waals surface area contributed by atoms with Gasteiger partial charge in [0, 0.05) is 25.4 Å². The maximum absolute atomic E-state index is 5.55. The Morgan fingerprint density at radius 2 is 2.05 bits per heavy atom. The minimum atomic E-state index is 0.350. The minimum absolute atomic E-state index is 0.350. The molecule has 4 heteroatoms. The third-order valence-corrected chi connectivity index (χ3v) is 3.27. The second-order valence-corrected chi connectivity index (χ2v) is 4.91. The van der Waals surface area contributed by atoms with Crippen LogP contribution in [0.5, 0.6) is 5.75 Å². The lowest BCUT2D eigenvalue weighted by Gasteiger charge is -2.28. The number of hydrogen-bond acceptors (Lipinski definition) is 4. The third-order valence-electron chi connectivity index (χ3n) is 3.27. The van der Waals surface area contributed by atoms with Crippen molar-refractivity contribution in [1.82, 2.24) is 0 Å². The van der Waals surface area contributed by atoms with E-state index in [9.17, 15) is 0 Å². The molecule has 19 heavy (non-hydrogen) atoms. The number of methoxy groups -OCH3 is 1. The van der Waals surface area contributed by atoms with Crippen molar-refractivity contribution in [3.8, 4) is 5.75 Å². The van der Waals surface area contributed by atoms with Crippen LogP contribution in [0, 0.1) is 0 Å². The molecule has 1 aromatic carbocycles. The molecule has 0 aromatic heterocycles. The van der Waals surface area contributed by atoms with Crippen LogP contribution in [0.1, 0.15) is 19.8 Å². The highest BCUT2D eigenvalue weighted by Gasteiger charge is 2.18. The first kappa shape index (κ1) is 14.2. The fourth-order valence-corrected chi connectivity index (χ4v) is 2.26. The summed E-state index contributed by atoms with van der Waals surface area (Å²) in [5.74, 6) is 0.878. The number of ether oxygens (including phenoxy) is 3. The summed E-state index contributed by atoms with van der Waals surface area (Å²) in [5, 5.41) is 3.55. The maximum atomic E-state index is 5.55. The van der Waals surface area contributed by atoms with Crippen LogP contribution in [0.3, 0.4) is 0 Å². The number of hydrogen-bond donors (Lipinski definition) is 1. The Morgan fingerprint density at radius 1 is 1.26 bits per heavy atom. The molecule has 1 heterocycles. The van der Waals surface area contributed by atoms with Crippen molar-refractivity contribution in [2.45, 2.75) is 31.9 Å². The Labute approximate surface area is 115 Å². The normalized spacial score (nSPS) is 23.1. The standard InChI is InChI=1S/C15H23NO3/c1-12-11-14(7-8-18-12)16-13-3-5-15(6-4-13)19-10-9-17-2/h3-6,12,14,16H,7-11H2,1-2H3. The van der Waals surface area contributed by atoms with Gasteiger partial charge >= 0.3 is 0 Å². The molecule has 2 atom stereocenters. The summed E-state index contributed by atoms with van der Waals surface area (Å²) in [6, 6.07) is 8.59. The molecular weight excluding hydrogens is 242 g/mol. The Bertz CT molecular complexity index is 366. The van der Waals surface area contributed by atoms with Crippen molar-refractivity contribution in [2.75, 3.05) is 32.2 Å². The molecular formula is C15H23NO3. The largest absolute Gasteiger partial charge is 0.491 e. The highest BCUT2D eigenvalue weighted by Crippen LogP contribution is 2.21. The monoisotopic (exact) mass is 265 g/mol. The van der Waals surface area contributed by atoms with Crippen LogP contribution in [-0.4, -0.2) is 39.1 Å².